The predicted molar refractivity (Wildman–Crippen MR) is 261 cm³/mol. The Bertz CT molecular complexity index is 3730. The lowest BCUT2D eigenvalue weighted by molar-refractivity contribution is -0.137. The van der Waals surface area contributed by atoms with Gasteiger partial charge < -0.3 is 9.13 Å². The summed E-state index contributed by atoms with van der Waals surface area (Å²) in [5, 5.41) is 14.7. The minimum absolute atomic E-state index is 0.519. The number of rotatable bonds is 6. The van der Waals surface area contributed by atoms with Crippen LogP contribution in [0.3, 0.4) is 0 Å². The first kappa shape index (κ1) is 39.7. The van der Waals surface area contributed by atoms with E-state index in [1.54, 1.807) is 13.0 Å². The number of para-hydroxylation sites is 2. The number of nitriles is 1. The fraction of sp³-hybridized carbons (Fsp3) is 0.0678. The monoisotopic (exact) mass is 847 g/mol. The van der Waals surface area contributed by atoms with E-state index >= 15 is 0 Å². The molecule has 2 heterocycles. The Labute approximate surface area is 374 Å². The molecule has 11 aromatic rings. The maximum Gasteiger partial charge on any atom is 0.416 e. The molecule has 0 radical (unpaired) electrons. The summed E-state index contributed by atoms with van der Waals surface area (Å²) in [4.78, 5) is 0. The third-order valence-electron chi connectivity index (χ3n) is 12.9. The van der Waals surface area contributed by atoms with Crippen LogP contribution in [0.25, 0.3) is 99.5 Å². The highest BCUT2D eigenvalue weighted by molar-refractivity contribution is 6.13. The predicted octanol–water partition coefficient (Wildman–Crippen LogP) is 16.4. The topological polar surface area (TPSA) is 33.6 Å². The summed E-state index contributed by atoms with van der Waals surface area (Å²) in [5.41, 5.74) is 16.2. The first-order valence-electron chi connectivity index (χ1n) is 21.6. The van der Waals surface area contributed by atoms with Gasteiger partial charge in [0.15, 0.2) is 0 Å². The number of hydrogen-bond acceptors (Lipinski definition) is 1. The Morgan fingerprint density at radius 2 is 0.846 bits per heavy atom. The summed E-state index contributed by atoms with van der Waals surface area (Å²) >= 11 is 0. The van der Waals surface area contributed by atoms with Gasteiger partial charge in [0.1, 0.15) is 0 Å². The molecule has 0 aliphatic carbocycles. The second-order valence-corrected chi connectivity index (χ2v) is 17.0. The van der Waals surface area contributed by atoms with Gasteiger partial charge in [0.25, 0.3) is 0 Å². The number of fused-ring (bicyclic) bond motifs is 6. The molecular weight excluding hydrogens is 808 g/mol. The fourth-order valence-corrected chi connectivity index (χ4v) is 9.61. The molecular formula is C59H40F3N3. The molecule has 0 amide bonds. The second kappa shape index (κ2) is 15.3. The largest absolute Gasteiger partial charge is 0.416 e. The Morgan fingerprint density at radius 1 is 0.400 bits per heavy atom. The molecule has 0 saturated heterocycles. The molecule has 11 rings (SSSR count). The van der Waals surface area contributed by atoms with E-state index in [1.165, 1.54) is 17.2 Å². The highest BCUT2D eigenvalue weighted by atomic mass is 19.4. The molecule has 0 saturated carbocycles. The van der Waals surface area contributed by atoms with Gasteiger partial charge in [-0.25, -0.2) is 0 Å². The third-order valence-corrected chi connectivity index (χ3v) is 12.9. The van der Waals surface area contributed by atoms with Crippen molar-refractivity contribution in [3.8, 4) is 62.0 Å². The Hall–Kier alpha value is -8.14. The molecule has 0 aliphatic heterocycles. The summed E-state index contributed by atoms with van der Waals surface area (Å²) in [6.45, 7) is 5.91. The molecule has 6 heteroatoms. The number of alkyl halides is 3. The van der Waals surface area contributed by atoms with Crippen molar-refractivity contribution in [3.63, 3.8) is 0 Å². The van der Waals surface area contributed by atoms with Gasteiger partial charge in [0.2, 0.25) is 0 Å². The molecule has 9 aromatic carbocycles. The minimum atomic E-state index is -4.46. The van der Waals surface area contributed by atoms with Crippen molar-refractivity contribution in [2.24, 2.45) is 0 Å². The highest BCUT2D eigenvalue weighted by Gasteiger charge is 2.31. The van der Waals surface area contributed by atoms with Crippen LogP contribution in [-0.2, 0) is 6.18 Å². The van der Waals surface area contributed by atoms with E-state index in [-0.39, 0.29) is 0 Å². The van der Waals surface area contributed by atoms with Crippen molar-refractivity contribution >= 4 is 43.6 Å². The van der Waals surface area contributed by atoms with E-state index in [0.29, 0.717) is 16.7 Å². The average molecular weight is 848 g/mol. The van der Waals surface area contributed by atoms with Gasteiger partial charge in [-0.3, -0.25) is 0 Å². The standard InChI is InChI=1S/C59H40F3N3/c1-36-12-17-40(18-13-36)42-22-28-55-51(32-42)47-8-4-6-10-53(47)64(55)57-31-39(35-63)16-25-49(57)50-26-21-44(46-27-24-45(30-38(46)3)59(60,61)62)34-58(50)65-54-11-7-5-9-48(54)52-33-43(23-29-56(52)65)41-19-14-37(2)15-20-41/h4-34H,1-3H3. The third kappa shape index (κ3) is 6.76. The number of aromatic nitrogens is 2. The number of benzene rings is 9. The van der Waals surface area contributed by atoms with E-state index in [4.69, 9.17) is 0 Å². The van der Waals surface area contributed by atoms with Gasteiger partial charge in [0, 0.05) is 32.7 Å². The number of aryl methyl sites for hydroxylation is 3. The molecule has 3 nitrogen and oxygen atoms in total. The van der Waals surface area contributed by atoms with Crippen molar-refractivity contribution in [2.45, 2.75) is 26.9 Å². The lowest BCUT2D eigenvalue weighted by Gasteiger charge is -2.20. The first-order valence-corrected chi connectivity index (χ1v) is 21.6. The smallest absolute Gasteiger partial charge is 0.309 e. The van der Waals surface area contributed by atoms with Crippen LogP contribution in [0, 0.1) is 32.1 Å². The van der Waals surface area contributed by atoms with Crippen LogP contribution in [0.5, 0.6) is 0 Å². The molecule has 0 bridgehead atoms. The SMILES string of the molecule is Cc1ccc(-c2ccc3c(c2)c2ccccc2n3-c2cc(C#N)ccc2-c2ccc(-c3ccc(C(F)(F)F)cc3C)cc2-n2c3ccccc3c3cc(-c4ccc(C)cc4)ccc32)cc1. The molecule has 2 aromatic heterocycles. The van der Waals surface area contributed by atoms with E-state index in [2.05, 4.69) is 163 Å². The Kier molecular flexibility index (Phi) is 9.34. The van der Waals surface area contributed by atoms with Crippen LogP contribution in [-0.4, -0.2) is 9.13 Å². The van der Waals surface area contributed by atoms with E-state index < -0.39 is 11.7 Å². The lowest BCUT2D eigenvalue weighted by atomic mass is 9.93. The molecule has 0 atom stereocenters. The van der Waals surface area contributed by atoms with Crippen LogP contribution in [0.2, 0.25) is 0 Å². The van der Waals surface area contributed by atoms with Gasteiger partial charge >= 0.3 is 6.18 Å². The Balaban J connectivity index is 1.20. The quantitative estimate of drug-likeness (QED) is 0.164. The number of hydrogen-bond donors (Lipinski definition) is 0. The van der Waals surface area contributed by atoms with Gasteiger partial charge in [-0.2, -0.15) is 18.4 Å². The zero-order chi connectivity index (χ0) is 44.6. The zero-order valence-corrected chi connectivity index (χ0v) is 35.9. The van der Waals surface area contributed by atoms with Crippen molar-refractivity contribution in [1.82, 2.24) is 9.13 Å². The molecule has 0 fully saturated rings. The van der Waals surface area contributed by atoms with Gasteiger partial charge in [0.05, 0.1) is 50.6 Å². The van der Waals surface area contributed by atoms with Gasteiger partial charge in [-0.15, -0.1) is 0 Å². The van der Waals surface area contributed by atoms with Crippen LogP contribution in [0.4, 0.5) is 13.2 Å². The normalized spacial score (nSPS) is 11.8. The molecule has 65 heavy (non-hydrogen) atoms. The summed E-state index contributed by atoms with van der Waals surface area (Å²) < 4.78 is 46.3. The minimum Gasteiger partial charge on any atom is -0.309 e. The zero-order valence-electron chi connectivity index (χ0n) is 35.9. The van der Waals surface area contributed by atoms with Crippen LogP contribution in [0.1, 0.15) is 27.8 Å². The maximum absolute atomic E-state index is 13.9. The maximum atomic E-state index is 13.9. The molecule has 312 valence electrons. The van der Waals surface area contributed by atoms with Gasteiger partial charge in [-0.1, -0.05) is 132 Å². The van der Waals surface area contributed by atoms with Gasteiger partial charge in [-0.05, 0) is 126 Å². The van der Waals surface area contributed by atoms with E-state index in [9.17, 15) is 18.4 Å². The van der Waals surface area contributed by atoms with Crippen LogP contribution >= 0.6 is 0 Å². The summed E-state index contributed by atoms with van der Waals surface area (Å²) in [5.74, 6) is 0. The van der Waals surface area contributed by atoms with Crippen LogP contribution in [0.15, 0.2) is 188 Å². The Morgan fingerprint density at radius 3 is 1.35 bits per heavy atom. The molecule has 0 unspecified atom stereocenters. The summed E-state index contributed by atoms with van der Waals surface area (Å²) in [6.07, 6.45) is -4.46. The molecule has 0 aliphatic rings. The summed E-state index contributed by atoms with van der Waals surface area (Å²) in [7, 11) is 0. The lowest BCUT2D eigenvalue weighted by Crippen LogP contribution is -2.05. The van der Waals surface area contributed by atoms with Crippen molar-refractivity contribution in [1.29, 1.82) is 5.26 Å². The van der Waals surface area contributed by atoms with Crippen molar-refractivity contribution in [2.75, 3.05) is 0 Å². The van der Waals surface area contributed by atoms with Crippen molar-refractivity contribution < 1.29 is 13.2 Å². The molecule has 0 N–H and O–H groups in total. The number of halogens is 3. The summed E-state index contributed by atoms with van der Waals surface area (Å²) in [6, 6.07) is 65.4. The average Bonchev–Trinajstić information content (AvgIpc) is 3.83. The number of nitrogens with zero attached hydrogens (tertiary/aromatic N) is 3. The van der Waals surface area contributed by atoms with E-state index in [0.717, 1.165) is 100.0 Å². The highest BCUT2D eigenvalue weighted by Crippen LogP contribution is 2.44. The second-order valence-electron chi connectivity index (χ2n) is 17.0. The van der Waals surface area contributed by atoms with Crippen molar-refractivity contribution in [3.05, 3.63) is 216 Å². The first-order chi connectivity index (χ1) is 31.5. The molecule has 0 spiro atoms. The van der Waals surface area contributed by atoms with E-state index in [1.807, 2.05) is 36.4 Å². The van der Waals surface area contributed by atoms with Crippen LogP contribution < -0.4 is 0 Å². The fourth-order valence-electron chi connectivity index (χ4n) is 9.61.